The number of halogens is 1. The third kappa shape index (κ3) is 3.39. The Morgan fingerprint density at radius 1 is 1.04 bits per heavy atom. The van der Waals surface area contributed by atoms with Crippen molar-refractivity contribution < 1.29 is 13.9 Å². The third-order valence-corrected chi connectivity index (χ3v) is 4.15. The molecule has 0 bridgehead atoms. The fourth-order valence-corrected chi connectivity index (χ4v) is 2.99. The van der Waals surface area contributed by atoms with E-state index in [1.54, 1.807) is 6.92 Å². The average Bonchev–Trinajstić information content (AvgIpc) is 2.59. The van der Waals surface area contributed by atoms with Crippen molar-refractivity contribution in [2.24, 2.45) is 0 Å². The Kier molecular flexibility index (Phi) is 5.06. The molecule has 1 fully saturated rings. The van der Waals surface area contributed by atoms with Crippen LogP contribution in [0.1, 0.15) is 24.1 Å². The number of rotatable bonds is 5. The van der Waals surface area contributed by atoms with Gasteiger partial charge >= 0.3 is 5.97 Å². The second-order valence-electron chi connectivity index (χ2n) is 5.77. The Hall–Kier alpha value is -2.46. The monoisotopic (exact) mass is 325 g/mol. The normalized spacial score (nSPS) is 14.4. The lowest BCUT2D eigenvalue weighted by Gasteiger charge is -2.41. The minimum Gasteiger partial charge on any atom is -0.461 e. The Morgan fingerprint density at radius 3 is 2.00 bits per heavy atom. The van der Waals surface area contributed by atoms with E-state index in [0.29, 0.717) is 18.7 Å². The van der Waals surface area contributed by atoms with Gasteiger partial charge in [0.15, 0.2) is 0 Å². The Morgan fingerprint density at radius 2 is 1.54 bits per heavy atom. The fraction of sp³-hybridized carbons (Fsp3) is 0.250. The van der Waals surface area contributed by atoms with Crippen molar-refractivity contribution in [1.82, 2.24) is 4.90 Å². The Bertz CT molecular complexity index is 680. The second-order valence-corrected chi connectivity index (χ2v) is 5.77. The largest absolute Gasteiger partial charge is 0.461 e. The first-order valence-electron chi connectivity index (χ1n) is 8.09. The highest BCUT2D eigenvalue weighted by Gasteiger charge is 2.34. The molecular weight excluding hydrogens is 305 g/mol. The van der Waals surface area contributed by atoms with E-state index in [4.69, 9.17) is 4.74 Å². The van der Waals surface area contributed by atoms with Gasteiger partial charge in [-0.3, -0.25) is 4.90 Å². The summed E-state index contributed by atoms with van der Waals surface area (Å²) in [6, 6.07) is 20.3. The van der Waals surface area contributed by atoms with E-state index in [2.05, 4.69) is 29.2 Å². The molecule has 0 atom stereocenters. The first-order valence-corrected chi connectivity index (χ1v) is 8.09. The number of carbonyl (C=O) groups is 1. The Balaban J connectivity index is 1.83. The molecule has 1 aliphatic rings. The van der Waals surface area contributed by atoms with E-state index in [1.165, 1.54) is 0 Å². The lowest BCUT2D eigenvalue weighted by molar-refractivity contribution is -0.140. The molecule has 3 nitrogen and oxygen atoms in total. The summed E-state index contributed by atoms with van der Waals surface area (Å²) in [5.74, 6) is -1.60. The van der Waals surface area contributed by atoms with Crippen molar-refractivity contribution in [2.75, 3.05) is 19.7 Å². The number of hydrogen-bond acceptors (Lipinski definition) is 3. The van der Waals surface area contributed by atoms with Crippen LogP contribution >= 0.6 is 0 Å². The van der Waals surface area contributed by atoms with Gasteiger partial charge in [-0.1, -0.05) is 60.7 Å². The predicted molar refractivity (Wildman–Crippen MR) is 91.1 cm³/mol. The van der Waals surface area contributed by atoms with Crippen LogP contribution in [0.2, 0.25) is 0 Å². The molecule has 124 valence electrons. The van der Waals surface area contributed by atoms with Gasteiger partial charge in [-0.15, -0.1) is 0 Å². The van der Waals surface area contributed by atoms with Gasteiger partial charge in [-0.2, -0.15) is 4.39 Å². The minimum atomic E-state index is -0.858. The van der Waals surface area contributed by atoms with Crippen LogP contribution in [0.25, 0.3) is 0 Å². The number of ether oxygens (including phenoxy) is 1. The molecule has 0 aliphatic carbocycles. The number of esters is 1. The third-order valence-electron chi connectivity index (χ3n) is 4.15. The van der Waals surface area contributed by atoms with Crippen LogP contribution in [0, 0.1) is 0 Å². The van der Waals surface area contributed by atoms with Crippen LogP contribution in [-0.2, 0) is 9.53 Å². The maximum absolute atomic E-state index is 14.0. The topological polar surface area (TPSA) is 29.5 Å². The zero-order valence-corrected chi connectivity index (χ0v) is 13.6. The van der Waals surface area contributed by atoms with Crippen molar-refractivity contribution in [3.63, 3.8) is 0 Å². The first-order chi connectivity index (χ1) is 11.7. The first kappa shape index (κ1) is 16.4. The standard InChI is InChI=1S/C20H20FNO2/c1-2-24-20(23)18(21)17-13-22(14-17)19(15-9-5-3-6-10-15)16-11-7-4-8-12-16/h3-12,19H,2,13-14H2,1H3. The Labute approximate surface area is 141 Å². The van der Waals surface area contributed by atoms with Gasteiger partial charge < -0.3 is 4.74 Å². The lowest BCUT2D eigenvalue weighted by Crippen LogP contribution is -2.44. The predicted octanol–water partition coefficient (Wildman–Crippen LogP) is 3.88. The second kappa shape index (κ2) is 7.41. The van der Waals surface area contributed by atoms with Crippen LogP contribution in [0.15, 0.2) is 72.1 Å². The summed E-state index contributed by atoms with van der Waals surface area (Å²) < 4.78 is 18.8. The lowest BCUT2D eigenvalue weighted by atomic mass is 9.92. The van der Waals surface area contributed by atoms with Gasteiger partial charge in [-0.05, 0) is 18.1 Å². The van der Waals surface area contributed by atoms with Gasteiger partial charge in [0.05, 0.1) is 12.6 Å². The van der Waals surface area contributed by atoms with Crippen LogP contribution in [-0.4, -0.2) is 30.6 Å². The molecule has 0 radical (unpaired) electrons. The van der Waals surface area contributed by atoms with Crippen molar-refractivity contribution in [2.45, 2.75) is 13.0 Å². The summed E-state index contributed by atoms with van der Waals surface area (Å²) in [4.78, 5) is 13.7. The van der Waals surface area contributed by atoms with Gasteiger partial charge in [0.2, 0.25) is 5.83 Å². The molecule has 1 heterocycles. The number of nitrogens with zero attached hydrogens (tertiary/aromatic N) is 1. The smallest absolute Gasteiger partial charge is 0.367 e. The molecule has 2 aromatic rings. The van der Waals surface area contributed by atoms with Crippen LogP contribution in [0.3, 0.4) is 0 Å². The zero-order valence-electron chi connectivity index (χ0n) is 13.6. The van der Waals surface area contributed by atoms with Gasteiger partial charge in [0.25, 0.3) is 0 Å². The van der Waals surface area contributed by atoms with Crippen LogP contribution in [0.4, 0.5) is 4.39 Å². The molecule has 4 heteroatoms. The number of hydrogen-bond donors (Lipinski definition) is 0. The van der Waals surface area contributed by atoms with Crippen molar-refractivity contribution in [1.29, 1.82) is 0 Å². The van der Waals surface area contributed by atoms with Crippen LogP contribution < -0.4 is 0 Å². The molecule has 0 N–H and O–H groups in total. The van der Waals surface area contributed by atoms with E-state index in [0.717, 1.165) is 11.1 Å². The minimum absolute atomic E-state index is 0.0474. The van der Waals surface area contributed by atoms with Crippen molar-refractivity contribution in [3.05, 3.63) is 83.2 Å². The molecule has 0 saturated carbocycles. The molecule has 0 amide bonds. The van der Waals surface area contributed by atoms with Gasteiger partial charge in [-0.25, -0.2) is 4.79 Å². The maximum Gasteiger partial charge on any atom is 0.367 e. The highest BCUT2D eigenvalue weighted by molar-refractivity contribution is 5.87. The summed E-state index contributed by atoms with van der Waals surface area (Å²) >= 11 is 0. The number of carbonyl (C=O) groups excluding carboxylic acids is 1. The summed E-state index contributed by atoms with van der Waals surface area (Å²) in [6.45, 7) is 2.71. The van der Waals surface area contributed by atoms with E-state index < -0.39 is 11.8 Å². The summed E-state index contributed by atoms with van der Waals surface area (Å²) in [5.41, 5.74) is 2.81. The summed E-state index contributed by atoms with van der Waals surface area (Å²) in [5, 5.41) is 0. The van der Waals surface area contributed by atoms with Crippen molar-refractivity contribution in [3.8, 4) is 0 Å². The molecule has 0 unspecified atom stereocenters. The number of benzene rings is 2. The SMILES string of the molecule is CCOC(=O)C(F)=C1CN(C(c2ccccc2)c2ccccc2)C1. The van der Waals surface area contributed by atoms with E-state index in [-0.39, 0.29) is 12.6 Å². The molecule has 24 heavy (non-hydrogen) atoms. The van der Waals surface area contributed by atoms with Crippen LogP contribution in [0.5, 0.6) is 0 Å². The fourth-order valence-electron chi connectivity index (χ4n) is 2.99. The average molecular weight is 325 g/mol. The van der Waals surface area contributed by atoms with E-state index >= 15 is 0 Å². The molecule has 0 spiro atoms. The highest BCUT2D eigenvalue weighted by atomic mass is 19.1. The van der Waals surface area contributed by atoms with Crippen molar-refractivity contribution >= 4 is 5.97 Å². The molecule has 3 rings (SSSR count). The molecule has 1 saturated heterocycles. The van der Waals surface area contributed by atoms with E-state index in [1.807, 2.05) is 36.4 Å². The maximum atomic E-state index is 14.0. The summed E-state index contributed by atoms with van der Waals surface area (Å²) in [7, 11) is 0. The van der Waals surface area contributed by atoms with Gasteiger partial charge in [0, 0.05) is 18.7 Å². The molecular formula is C20H20FNO2. The van der Waals surface area contributed by atoms with Gasteiger partial charge in [0.1, 0.15) is 0 Å². The highest BCUT2D eigenvalue weighted by Crippen LogP contribution is 2.35. The quantitative estimate of drug-likeness (QED) is 0.617. The molecule has 1 aliphatic heterocycles. The zero-order chi connectivity index (χ0) is 16.9. The summed E-state index contributed by atoms with van der Waals surface area (Å²) in [6.07, 6.45) is 0. The van der Waals surface area contributed by atoms with E-state index in [9.17, 15) is 9.18 Å². The molecule has 0 aromatic heterocycles. The number of likely N-dealkylation sites (tertiary alicyclic amines) is 1. The molecule has 2 aromatic carbocycles.